The lowest BCUT2D eigenvalue weighted by atomic mass is 10.2. The predicted molar refractivity (Wildman–Crippen MR) is 84.8 cm³/mol. The quantitative estimate of drug-likeness (QED) is 0.854. The van der Waals surface area contributed by atoms with Gasteiger partial charge in [-0.2, -0.15) is 0 Å². The summed E-state index contributed by atoms with van der Waals surface area (Å²) >= 11 is 0. The van der Waals surface area contributed by atoms with Crippen LogP contribution in [0.2, 0.25) is 0 Å². The van der Waals surface area contributed by atoms with Crippen LogP contribution in [-0.2, 0) is 13.0 Å². The van der Waals surface area contributed by atoms with E-state index in [1.807, 2.05) is 17.0 Å². The fraction of sp³-hybridized carbons (Fsp3) is 0.529. The van der Waals surface area contributed by atoms with E-state index < -0.39 is 0 Å². The van der Waals surface area contributed by atoms with Crippen LogP contribution in [0.15, 0.2) is 24.4 Å². The van der Waals surface area contributed by atoms with Crippen LogP contribution in [0.1, 0.15) is 60.3 Å². The number of pyridine rings is 1. The van der Waals surface area contributed by atoms with E-state index in [2.05, 4.69) is 19.7 Å². The van der Waals surface area contributed by atoms with Crippen molar-refractivity contribution in [3.63, 3.8) is 0 Å². The Kier molecular flexibility index (Phi) is 3.81. The van der Waals surface area contributed by atoms with Crippen molar-refractivity contribution in [2.45, 2.75) is 51.1 Å². The van der Waals surface area contributed by atoms with Gasteiger partial charge in [-0.1, -0.05) is 12.5 Å². The van der Waals surface area contributed by atoms with Crippen molar-refractivity contribution in [3.8, 4) is 0 Å². The van der Waals surface area contributed by atoms with Gasteiger partial charge in [-0.3, -0.25) is 9.78 Å². The second-order valence-electron chi connectivity index (χ2n) is 6.31. The number of aromatic nitrogens is 4. The molecule has 0 spiro atoms. The summed E-state index contributed by atoms with van der Waals surface area (Å²) in [4.78, 5) is 18.9. The Bertz CT molecular complexity index is 696. The number of hydrogen-bond donors (Lipinski definition) is 0. The van der Waals surface area contributed by atoms with E-state index >= 15 is 0 Å². The van der Waals surface area contributed by atoms with Gasteiger partial charge in [0.25, 0.3) is 5.91 Å². The van der Waals surface area contributed by atoms with Gasteiger partial charge >= 0.3 is 0 Å². The number of hydrogen-bond acceptors (Lipinski definition) is 4. The molecule has 4 heterocycles. The van der Waals surface area contributed by atoms with Gasteiger partial charge in [0.1, 0.15) is 11.5 Å². The maximum Gasteiger partial charge on any atom is 0.273 e. The average Bonchev–Trinajstić information content (AvgIpc) is 3.16. The highest BCUT2D eigenvalue weighted by molar-refractivity contribution is 5.92. The van der Waals surface area contributed by atoms with Crippen LogP contribution < -0.4 is 0 Å². The molecule has 2 aliphatic heterocycles. The van der Waals surface area contributed by atoms with Gasteiger partial charge in [0, 0.05) is 25.7 Å². The summed E-state index contributed by atoms with van der Waals surface area (Å²) in [6, 6.07) is 5.50. The van der Waals surface area contributed by atoms with Crippen molar-refractivity contribution in [1.29, 1.82) is 0 Å². The molecule has 2 aromatic rings. The average molecular weight is 311 g/mol. The van der Waals surface area contributed by atoms with E-state index in [9.17, 15) is 4.79 Å². The van der Waals surface area contributed by atoms with Gasteiger partial charge < -0.3 is 9.47 Å². The summed E-state index contributed by atoms with van der Waals surface area (Å²) in [6.07, 6.45) is 8.21. The normalized spacial score (nSPS) is 21.0. The van der Waals surface area contributed by atoms with Gasteiger partial charge in [0.05, 0.1) is 6.04 Å². The molecule has 2 aliphatic rings. The standard InChI is InChI=1S/C17H21N5O/c23-17(13-7-3-4-10-18-13)21-12-6-8-14(21)16-20-19-15-9-2-1-5-11-22(15)16/h3-4,7,10,14H,1-2,5-6,8-9,11-12H2/t14-/m0/s1. The Morgan fingerprint density at radius 2 is 2.04 bits per heavy atom. The van der Waals surface area contributed by atoms with E-state index in [0.29, 0.717) is 5.69 Å². The molecule has 0 unspecified atom stereocenters. The fourth-order valence-corrected chi connectivity index (χ4v) is 3.67. The third kappa shape index (κ3) is 2.62. The van der Waals surface area contributed by atoms with Crippen LogP contribution in [0.25, 0.3) is 0 Å². The monoisotopic (exact) mass is 311 g/mol. The first-order valence-electron chi connectivity index (χ1n) is 8.48. The highest BCUT2D eigenvalue weighted by Crippen LogP contribution is 2.33. The molecule has 23 heavy (non-hydrogen) atoms. The number of carbonyl (C=O) groups excluding carboxylic acids is 1. The van der Waals surface area contributed by atoms with Crippen molar-refractivity contribution in [2.75, 3.05) is 6.54 Å². The number of amides is 1. The molecule has 4 rings (SSSR count). The van der Waals surface area contributed by atoms with E-state index in [1.165, 1.54) is 19.3 Å². The molecule has 1 saturated heterocycles. The van der Waals surface area contributed by atoms with Crippen LogP contribution in [0, 0.1) is 0 Å². The van der Waals surface area contributed by atoms with Gasteiger partial charge in [0.15, 0.2) is 5.82 Å². The minimum absolute atomic E-state index is 0.000859. The second-order valence-corrected chi connectivity index (χ2v) is 6.31. The first-order chi connectivity index (χ1) is 11.3. The third-order valence-corrected chi connectivity index (χ3v) is 4.83. The topological polar surface area (TPSA) is 63.9 Å². The van der Waals surface area contributed by atoms with Crippen molar-refractivity contribution >= 4 is 5.91 Å². The molecule has 0 saturated carbocycles. The van der Waals surface area contributed by atoms with E-state index in [-0.39, 0.29) is 11.9 Å². The molecular formula is C17H21N5O. The number of nitrogens with zero attached hydrogens (tertiary/aromatic N) is 5. The Morgan fingerprint density at radius 1 is 1.09 bits per heavy atom. The Morgan fingerprint density at radius 3 is 2.91 bits per heavy atom. The van der Waals surface area contributed by atoms with Crippen LogP contribution >= 0.6 is 0 Å². The summed E-state index contributed by atoms with van der Waals surface area (Å²) in [7, 11) is 0. The van der Waals surface area contributed by atoms with Gasteiger partial charge in [-0.15, -0.1) is 10.2 Å². The smallest absolute Gasteiger partial charge is 0.273 e. The predicted octanol–water partition coefficient (Wildman–Crippen LogP) is 2.38. The summed E-state index contributed by atoms with van der Waals surface area (Å²) < 4.78 is 2.25. The maximum absolute atomic E-state index is 12.8. The Hall–Kier alpha value is -2.24. The Balaban J connectivity index is 1.64. The summed E-state index contributed by atoms with van der Waals surface area (Å²) in [5.74, 6) is 2.04. The molecule has 2 aromatic heterocycles. The van der Waals surface area contributed by atoms with Crippen molar-refractivity contribution < 1.29 is 4.79 Å². The lowest BCUT2D eigenvalue weighted by Crippen LogP contribution is -2.32. The van der Waals surface area contributed by atoms with Crippen LogP contribution in [0.3, 0.4) is 0 Å². The first-order valence-corrected chi connectivity index (χ1v) is 8.48. The van der Waals surface area contributed by atoms with Crippen molar-refractivity contribution in [3.05, 3.63) is 41.7 Å². The van der Waals surface area contributed by atoms with Crippen LogP contribution in [-0.4, -0.2) is 37.1 Å². The van der Waals surface area contributed by atoms with Crippen LogP contribution in [0.4, 0.5) is 0 Å². The highest BCUT2D eigenvalue weighted by atomic mass is 16.2. The fourth-order valence-electron chi connectivity index (χ4n) is 3.67. The summed E-state index contributed by atoms with van der Waals surface area (Å²) in [5, 5.41) is 8.83. The minimum Gasteiger partial charge on any atom is -0.327 e. The number of aryl methyl sites for hydroxylation is 1. The molecular weight excluding hydrogens is 290 g/mol. The number of fused-ring (bicyclic) bond motifs is 1. The molecule has 0 aliphatic carbocycles. The van der Waals surface area contributed by atoms with Crippen molar-refractivity contribution in [2.24, 2.45) is 0 Å². The summed E-state index contributed by atoms with van der Waals surface area (Å²) in [5.41, 5.74) is 0.509. The molecule has 1 atom stereocenters. The lowest BCUT2D eigenvalue weighted by molar-refractivity contribution is 0.0721. The summed E-state index contributed by atoms with van der Waals surface area (Å²) in [6.45, 7) is 1.74. The maximum atomic E-state index is 12.8. The van der Waals surface area contributed by atoms with Gasteiger partial charge in [-0.25, -0.2) is 0 Å². The molecule has 0 N–H and O–H groups in total. The second kappa shape index (κ2) is 6.10. The van der Waals surface area contributed by atoms with Gasteiger partial charge in [0.2, 0.25) is 0 Å². The SMILES string of the molecule is O=C(c1ccccn1)N1CCC[C@H]1c1nnc2n1CCCCC2. The zero-order valence-corrected chi connectivity index (χ0v) is 13.2. The number of likely N-dealkylation sites (tertiary alicyclic amines) is 1. The number of rotatable bonds is 2. The number of carbonyl (C=O) groups is 1. The molecule has 0 radical (unpaired) electrons. The Labute approximate surface area is 135 Å². The largest absolute Gasteiger partial charge is 0.327 e. The molecule has 0 bridgehead atoms. The van der Waals surface area contributed by atoms with Crippen LogP contribution in [0.5, 0.6) is 0 Å². The zero-order valence-electron chi connectivity index (χ0n) is 13.2. The zero-order chi connectivity index (χ0) is 15.6. The first kappa shape index (κ1) is 14.4. The van der Waals surface area contributed by atoms with E-state index in [1.54, 1.807) is 12.3 Å². The third-order valence-electron chi connectivity index (χ3n) is 4.83. The van der Waals surface area contributed by atoms with Crippen molar-refractivity contribution in [1.82, 2.24) is 24.6 Å². The molecule has 6 heteroatoms. The molecule has 1 fully saturated rings. The highest BCUT2D eigenvalue weighted by Gasteiger charge is 2.35. The van der Waals surface area contributed by atoms with Gasteiger partial charge in [-0.05, 0) is 37.8 Å². The molecule has 1 amide bonds. The minimum atomic E-state index is -0.000859. The molecule has 0 aromatic carbocycles. The van der Waals surface area contributed by atoms with E-state index in [4.69, 9.17) is 0 Å². The molecule has 120 valence electrons. The van der Waals surface area contributed by atoms with E-state index in [0.717, 1.165) is 44.0 Å². The molecule has 6 nitrogen and oxygen atoms in total. The lowest BCUT2D eigenvalue weighted by Gasteiger charge is -2.24.